The molecule has 2 aromatic rings. The zero-order valence-corrected chi connectivity index (χ0v) is 14.6. The highest BCUT2D eigenvalue weighted by Crippen LogP contribution is 2.25. The number of nitrogens with zero attached hydrogens (tertiary/aromatic N) is 1. The van der Waals surface area contributed by atoms with Crippen LogP contribution in [-0.4, -0.2) is 18.5 Å². The van der Waals surface area contributed by atoms with Crippen molar-refractivity contribution in [3.05, 3.63) is 70.4 Å². The zero-order chi connectivity index (χ0) is 17.6. The van der Waals surface area contributed by atoms with Gasteiger partial charge in [0.15, 0.2) is 5.70 Å². The highest BCUT2D eigenvalue weighted by Gasteiger charge is 2.24. The van der Waals surface area contributed by atoms with Gasteiger partial charge in [-0.15, -0.1) is 0 Å². The molecule has 0 aromatic heterocycles. The van der Waals surface area contributed by atoms with Gasteiger partial charge in [-0.1, -0.05) is 43.1 Å². The summed E-state index contributed by atoms with van der Waals surface area (Å²) in [6, 6.07) is 14.5. The molecule has 5 heteroatoms. The van der Waals surface area contributed by atoms with Gasteiger partial charge < -0.3 is 9.47 Å². The molecule has 0 saturated heterocycles. The molecule has 0 aliphatic carbocycles. The molecule has 0 N–H and O–H groups in total. The SMILES string of the molecule is CCCCOc1ccccc1C=C1N=C(c2ccc(Cl)cc2)OC1=O. The maximum atomic E-state index is 12.1. The van der Waals surface area contributed by atoms with Crippen LogP contribution in [0.1, 0.15) is 30.9 Å². The molecule has 2 aromatic carbocycles. The quantitative estimate of drug-likeness (QED) is 0.422. The van der Waals surface area contributed by atoms with Crippen LogP contribution in [-0.2, 0) is 9.53 Å². The van der Waals surface area contributed by atoms with Gasteiger partial charge in [0, 0.05) is 16.1 Å². The molecule has 4 nitrogen and oxygen atoms in total. The average molecular weight is 356 g/mol. The summed E-state index contributed by atoms with van der Waals surface area (Å²) in [6.45, 7) is 2.75. The Morgan fingerprint density at radius 2 is 1.92 bits per heavy atom. The number of esters is 1. The van der Waals surface area contributed by atoms with Crippen molar-refractivity contribution in [3.63, 3.8) is 0 Å². The maximum absolute atomic E-state index is 12.1. The molecule has 1 aliphatic heterocycles. The number of carbonyl (C=O) groups excluding carboxylic acids is 1. The third-order valence-corrected chi connectivity index (χ3v) is 3.93. The molecular weight excluding hydrogens is 338 g/mol. The first kappa shape index (κ1) is 17.2. The molecule has 0 unspecified atom stereocenters. The Balaban J connectivity index is 1.86. The van der Waals surface area contributed by atoms with E-state index in [4.69, 9.17) is 21.1 Å². The Bertz CT molecular complexity index is 825. The minimum Gasteiger partial charge on any atom is -0.493 e. The maximum Gasteiger partial charge on any atom is 0.363 e. The van der Waals surface area contributed by atoms with E-state index in [0.29, 0.717) is 17.2 Å². The first-order valence-corrected chi connectivity index (χ1v) is 8.55. The van der Waals surface area contributed by atoms with Crippen molar-refractivity contribution in [2.45, 2.75) is 19.8 Å². The molecule has 0 radical (unpaired) electrons. The molecule has 0 spiro atoms. The van der Waals surface area contributed by atoms with Crippen molar-refractivity contribution in [3.8, 4) is 5.75 Å². The van der Waals surface area contributed by atoms with Crippen LogP contribution in [0.25, 0.3) is 6.08 Å². The largest absolute Gasteiger partial charge is 0.493 e. The van der Waals surface area contributed by atoms with E-state index in [-0.39, 0.29) is 11.6 Å². The highest BCUT2D eigenvalue weighted by molar-refractivity contribution is 6.30. The van der Waals surface area contributed by atoms with E-state index >= 15 is 0 Å². The summed E-state index contributed by atoms with van der Waals surface area (Å²) in [7, 11) is 0. The normalized spacial score (nSPS) is 15.2. The van der Waals surface area contributed by atoms with Crippen molar-refractivity contribution in [1.29, 1.82) is 0 Å². The van der Waals surface area contributed by atoms with Crippen LogP contribution < -0.4 is 4.74 Å². The minimum absolute atomic E-state index is 0.247. The Morgan fingerprint density at radius 3 is 2.68 bits per heavy atom. The first-order chi connectivity index (χ1) is 12.2. The Hall–Kier alpha value is -2.59. The summed E-state index contributed by atoms with van der Waals surface area (Å²) < 4.78 is 11.1. The van der Waals surface area contributed by atoms with Gasteiger partial charge in [-0.2, -0.15) is 0 Å². The summed E-state index contributed by atoms with van der Waals surface area (Å²) in [5, 5.41) is 0.614. The number of hydrogen-bond donors (Lipinski definition) is 0. The summed E-state index contributed by atoms with van der Waals surface area (Å²) in [5.41, 5.74) is 1.75. The van der Waals surface area contributed by atoms with E-state index in [2.05, 4.69) is 11.9 Å². The lowest BCUT2D eigenvalue weighted by molar-refractivity contribution is -0.129. The van der Waals surface area contributed by atoms with E-state index in [1.807, 2.05) is 24.3 Å². The van der Waals surface area contributed by atoms with Gasteiger partial charge in [0.25, 0.3) is 0 Å². The third-order valence-electron chi connectivity index (χ3n) is 3.68. The molecule has 0 bridgehead atoms. The van der Waals surface area contributed by atoms with Gasteiger partial charge in [-0.05, 0) is 42.8 Å². The van der Waals surface area contributed by atoms with E-state index in [1.54, 1.807) is 30.3 Å². The van der Waals surface area contributed by atoms with Crippen LogP contribution in [0, 0.1) is 0 Å². The van der Waals surface area contributed by atoms with Crippen LogP contribution in [0.2, 0.25) is 5.02 Å². The molecule has 0 atom stereocenters. The predicted molar refractivity (Wildman–Crippen MR) is 98.9 cm³/mol. The number of ether oxygens (including phenoxy) is 2. The average Bonchev–Trinajstić information content (AvgIpc) is 2.98. The molecule has 128 valence electrons. The second kappa shape index (κ2) is 7.99. The molecule has 1 heterocycles. The van der Waals surface area contributed by atoms with Gasteiger partial charge in [-0.3, -0.25) is 0 Å². The smallest absolute Gasteiger partial charge is 0.363 e. The van der Waals surface area contributed by atoms with E-state index in [0.717, 1.165) is 24.2 Å². The number of para-hydroxylation sites is 1. The van der Waals surface area contributed by atoms with Crippen LogP contribution >= 0.6 is 11.6 Å². The highest BCUT2D eigenvalue weighted by atomic mass is 35.5. The Kier molecular flexibility index (Phi) is 5.51. The van der Waals surface area contributed by atoms with Crippen molar-refractivity contribution >= 4 is 29.5 Å². The van der Waals surface area contributed by atoms with E-state index in [1.165, 1.54) is 0 Å². The van der Waals surface area contributed by atoms with Gasteiger partial charge in [0.1, 0.15) is 5.75 Å². The monoisotopic (exact) mass is 355 g/mol. The summed E-state index contributed by atoms with van der Waals surface area (Å²) >= 11 is 5.88. The minimum atomic E-state index is -0.478. The Morgan fingerprint density at radius 1 is 1.16 bits per heavy atom. The molecule has 0 saturated carbocycles. The van der Waals surface area contributed by atoms with Gasteiger partial charge in [-0.25, -0.2) is 9.79 Å². The molecular formula is C20H18ClNO3. The van der Waals surface area contributed by atoms with Crippen molar-refractivity contribution in [2.24, 2.45) is 4.99 Å². The summed E-state index contributed by atoms with van der Waals surface area (Å²) in [6.07, 6.45) is 3.72. The van der Waals surface area contributed by atoms with E-state index < -0.39 is 5.97 Å². The lowest BCUT2D eigenvalue weighted by atomic mass is 10.1. The van der Waals surface area contributed by atoms with Crippen LogP contribution in [0.15, 0.2) is 59.2 Å². The Labute approximate surface area is 151 Å². The van der Waals surface area contributed by atoms with Crippen LogP contribution in [0.3, 0.4) is 0 Å². The fraction of sp³-hybridized carbons (Fsp3) is 0.200. The fourth-order valence-electron chi connectivity index (χ4n) is 2.33. The summed E-state index contributed by atoms with van der Waals surface area (Å²) in [4.78, 5) is 16.4. The van der Waals surface area contributed by atoms with Crippen molar-refractivity contribution in [1.82, 2.24) is 0 Å². The number of aliphatic imine (C=N–C) groups is 1. The number of rotatable bonds is 6. The summed E-state index contributed by atoms with van der Waals surface area (Å²) in [5.74, 6) is 0.525. The number of unbranched alkanes of at least 4 members (excludes halogenated alkanes) is 1. The zero-order valence-electron chi connectivity index (χ0n) is 13.9. The second-order valence-corrected chi connectivity index (χ2v) is 6.02. The van der Waals surface area contributed by atoms with Crippen LogP contribution in [0.4, 0.5) is 0 Å². The number of hydrogen-bond acceptors (Lipinski definition) is 4. The van der Waals surface area contributed by atoms with Crippen molar-refractivity contribution in [2.75, 3.05) is 6.61 Å². The number of halogens is 1. The molecule has 0 amide bonds. The van der Waals surface area contributed by atoms with Gasteiger partial charge in [0.2, 0.25) is 5.90 Å². The number of cyclic esters (lactones) is 1. The number of benzene rings is 2. The van der Waals surface area contributed by atoms with Gasteiger partial charge in [0.05, 0.1) is 6.61 Å². The van der Waals surface area contributed by atoms with Gasteiger partial charge >= 0.3 is 5.97 Å². The molecule has 25 heavy (non-hydrogen) atoms. The van der Waals surface area contributed by atoms with E-state index in [9.17, 15) is 4.79 Å². The molecule has 1 aliphatic rings. The molecule has 0 fully saturated rings. The predicted octanol–water partition coefficient (Wildman–Crippen LogP) is 4.86. The number of carbonyl (C=O) groups is 1. The lowest BCUT2D eigenvalue weighted by Gasteiger charge is -2.08. The fourth-order valence-corrected chi connectivity index (χ4v) is 2.46. The van der Waals surface area contributed by atoms with Crippen LogP contribution in [0.5, 0.6) is 5.75 Å². The topological polar surface area (TPSA) is 47.9 Å². The first-order valence-electron chi connectivity index (χ1n) is 8.17. The lowest BCUT2D eigenvalue weighted by Crippen LogP contribution is -2.05. The standard InChI is InChI=1S/C20H18ClNO3/c1-2-3-12-24-18-7-5-4-6-15(18)13-17-20(23)25-19(22-17)14-8-10-16(21)11-9-14/h4-11,13H,2-3,12H2,1H3. The third kappa shape index (κ3) is 4.28. The second-order valence-electron chi connectivity index (χ2n) is 5.58. The van der Waals surface area contributed by atoms with Crippen molar-refractivity contribution < 1.29 is 14.3 Å². The molecule has 3 rings (SSSR count).